The topological polar surface area (TPSA) is 56.8 Å². The van der Waals surface area contributed by atoms with E-state index in [9.17, 15) is 4.79 Å². The van der Waals surface area contributed by atoms with E-state index in [0.29, 0.717) is 30.2 Å². The van der Waals surface area contributed by atoms with Crippen LogP contribution in [0.3, 0.4) is 0 Å². The Morgan fingerprint density at radius 3 is 2.28 bits per heavy atom. The van der Waals surface area contributed by atoms with Crippen molar-refractivity contribution in [3.63, 3.8) is 0 Å². The highest BCUT2D eigenvalue weighted by molar-refractivity contribution is 5.77. The number of ether oxygens (including phenoxy) is 3. The number of rotatable bonds is 8. The highest BCUT2D eigenvalue weighted by atomic mass is 16.5. The molecule has 0 heterocycles. The van der Waals surface area contributed by atoms with Gasteiger partial charge in [0.15, 0.2) is 18.1 Å². The molecule has 2 aromatic carbocycles. The molecule has 134 valence electrons. The molecule has 0 atom stereocenters. The number of carbonyl (C=O) groups excluding carboxylic acids is 1. The summed E-state index contributed by atoms with van der Waals surface area (Å²) in [5, 5.41) is 2.86. The Hall–Kier alpha value is -2.69. The summed E-state index contributed by atoms with van der Waals surface area (Å²) in [5.74, 6) is 1.95. The van der Waals surface area contributed by atoms with Gasteiger partial charge in [-0.05, 0) is 61.2 Å². The molecule has 5 nitrogen and oxygen atoms in total. The fourth-order valence-corrected chi connectivity index (χ4v) is 2.60. The summed E-state index contributed by atoms with van der Waals surface area (Å²) in [4.78, 5) is 11.9. The molecular formula is C20H25NO4. The van der Waals surface area contributed by atoms with Crippen LogP contribution in [0.5, 0.6) is 17.2 Å². The van der Waals surface area contributed by atoms with Crippen molar-refractivity contribution in [3.8, 4) is 17.2 Å². The van der Waals surface area contributed by atoms with Gasteiger partial charge in [0.2, 0.25) is 0 Å². The Morgan fingerprint density at radius 2 is 1.64 bits per heavy atom. The first-order valence-corrected chi connectivity index (χ1v) is 8.20. The molecular weight excluding hydrogens is 318 g/mol. The number of aryl methyl sites for hydroxylation is 2. The summed E-state index contributed by atoms with van der Waals surface area (Å²) in [7, 11) is 3.21. The molecule has 1 N–H and O–H groups in total. The molecule has 0 spiro atoms. The van der Waals surface area contributed by atoms with Crippen LogP contribution in [-0.4, -0.2) is 33.3 Å². The molecule has 25 heavy (non-hydrogen) atoms. The lowest BCUT2D eigenvalue weighted by Crippen LogP contribution is -2.30. The lowest BCUT2D eigenvalue weighted by molar-refractivity contribution is -0.123. The van der Waals surface area contributed by atoms with Crippen LogP contribution < -0.4 is 19.5 Å². The summed E-state index contributed by atoms with van der Waals surface area (Å²) in [5.41, 5.74) is 3.29. The second-order valence-electron chi connectivity index (χ2n) is 5.90. The molecule has 0 saturated carbocycles. The van der Waals surface area contributed by atoms with Crippen LogP contribution in [0.15, 0.2) is 36.4 Å². The summed E-state index contributed by atoms with van der Waals surface area (Å²) in [6, 6.07) is 11.6. The zero-order valence-electron chi connectivity index (χ0n) is 15.2. The average Bonchev–Trinajstić information content (AvgIpc) is 2.59. The zero-order chi connectivity index (χ0) is 18.2. The number of carbonyl (C=O) groups is 1. The first kappa shape index (κ1) is 18.6. The van der Waals surface area contributed by atoms with Crippen molar-refractivity contribution < 1.29 is 19.0 Å². The van der Waals surface area contributed by atoms with Gasteiger partial charge >= 0.3 is 0 Å². The average molecular weight is 343 g/mol. The minimum absolute atomic E-state index is 0.00876. The third kappa shape index (κ3) is 5.71. The van der Waals surface area contributed by atoms with E-state index in [1.165, 1.54) is 0 Å². The lowest BCUT2D eigenvalue weighted by atomic mass is 10.1. The van der Waals surface area contributed by atoms with Crippen molar-refractivity contribution in [2.24, 2.45) is 0 Å². The van der Waals surface area contributed by atoms with E-state index in [4.69, 9.17) is 14.2 Å². The van der Waals surface area contributed by atoms with Gasteiger partial charge in [-0.25, -0.2) is 0 Å². The van der Waals surface area contributed by atoms with E-state index < -0.39 is 0 Å². The molecule has 0 unspecified atom stereocenters. The second-order valence-corrected chi connectivity index (χ2v) is 5.90. The maximum absolute atomic E-state index is 11.9. The third-order valence-corrected chi connectivity index (χ3v) is 3.75. The van der Waals surface area contributed by atoms with Crippen LogP contribution >= 0.6 is 0 Å². The number of nitrogens with one attached hydrogen (secondary N) is 1. The van der Waals surface area contributed by atoms with Gasteiger partial charge in [0.1, 0.15) is 5.75 Å². The predicted octanol–water partition coefficient (Wildman–Crippen LogP) is 3.06. The van der Waals surface area contributed by atoms with Crippen molar-refractivity contribution in [1.82, 2.24) is 5.32 Å². The molecule has 0 aliphatic carbocycles. The van der Waals surface area contributed by atoms with Crippen molar-refractivity contribution in [3.05, 3.63) is 53.1 Å². The first-order valence-electron chi connectivity index (χ1n) is 8.20. The highest BCUT2D eigenvalue weighted by Crippen LogP contribution is 2.27. The van der Waals surface area contributed by atoms with Crippen LogP contribution in [0.2, 0.25) is 0 Å². The van der Waals surface area contributed by atoms with Crippen LogP contribution in [0.1, 0.15) is 16.7 Å². The Balaban J connectivity index is 1.78. The van der Waals surface area contributed by atoms with E-state index in [-0.39, 0.29) is 12.5 Å². The summed E-state index contributed by atoms with van der Waals surface area (Å²) in [6.07, 6.45) is 0.704. The molecule has 0 radical (unpaired) electrons. The Bertz CT molecular complexity index is 707. The van der Waals surface area contributed by atoms with Gasteiger partial charge < -0.3 is 19.5 Å². The van der Waals surface area contributed by atoms with Crippen molar-refractivity contribution in [1.29, 1.82) is 0 Å². The smallest absolute Gasteiger partial charge is 0.257 e. The quantitative estimate of drug-likeness (QED) is 0.800. The molecule has 0 fully saturated rings. The van der Waals surface area contributed by atoms with Crippen LogP contribution in [0.25, 0.3) is 0 Å². The number of amides is 1. The van der Waals surface area contributed by atoms with E-state index in [2.05, 4.69) is 11.4 Å². The molecule has 0 aliphatic heterocycles. The summed E-state index contributed by atoms with van der Waals surface area (Å²) >= 11 is 0. The molecule has 0 aromatic heterocycles. The molecule has 0 bridgehead atoms. The van der Waals surface area contributed by atoms with Gasteiger partial charge in [-0.3, -0.25) is 4.79 Å². The van der Waals surface area contributed by atoms with Gasteiger partial charge in [0.25, 0.3) is 5.91 Å². The number of hydrogen-bond donors (Lipinski definition) is 1. The Morgan fingerprint density at radius 1 is 0.960 bits per heavy atom. The largest absolute Gasteiger partial charge is 0.493 e. The first-order chi connectivity index (χ1) is 12.0. The molecule has 0 saturated heterocycles. The maximum Gasteiger partial charge on any atom is 0.257 e. The van der Waals surface area contributed by atoms with Gasteiger partial charge in [0, 0.05) is 6.54 Å². The fraction of sp³-hybridized carbons (Fsp3) is 0.350. The molecule has 0 aliphatic rings. The summed E-state index contributed by atoms with van der Waals surface area (Å²) in [6.45, 7) is 4.55. The van der Waals surface area contributed by atoms with Gasteiger partial charge in [-0.2, -0.15) is 0 Å². The number of hydrogen-bond acceptors (Lipinski definition) is 4. The predicted molar refractivity (Wildman–Crippen MR) is 97.7 cm³/mol. The van der Waals surface area contributed by atoms with Gasteiger partial charge in [-0.1, -0.05) is 12.1 Å². The SMILES string of the molecule is COc1ccc(CCNC(=O)COc2cc(C)cc(C)c2)cc1OC. The van der Waals surface area contributed by atoms with Gasteiger partial charge in [-0.15, -0.1) is 0 Å². The van der Waals surface area contributed by atoms with E-state index in [0.717, 1.165) is 16.7 Å². The molecule has 2 aromatic rings. The van der Waals surface area contributed by atoms with E-state index in [1.54, 1.807) is 14.2 Å². The number of methoxy groups -OCH3 is 2. The molecule has 1 amide bonds. The van der Waals surface area contributed by atoms with E-state index >= 15 is 0 Å². The molecule has 5 heteroatoms. The fourth-order valence-electron chi connectivity index (χ4n) is 2.60. The van der Waals surface area contributed by atoms with Crippen molar-refractivity contribution >= 4 is 5.91 Å². The number of benzene rings is 2. The van der Waals surface area contributed by atoms with Crippen LogP contribution in [0.4, 0.5) is 0 Å². The zero-order valence-corrected chi connectivity index (χ0v) is 15.2. The van der Waals surface area contributed by atoms with Gasteiger partial charge in [0.05, 0.1) is 14.2 Å². The second kappa shape index (κ2) is 8.97. The Labute approximate surface area is 148 Å². The normalized spacial score (nSPS) is 10.2. The van der Waals surface area contributed by atoms with E-state index in [1.807, 2.05) is 44.2 Å². The van der Waals surface area contributed by atoms with Crippen LogP contribution in [-0.2, 0) is 11.2 Å². The minimum atomic E-state index is -0.139. The minimum Gasteiger partial charge on any atom is -0.493 e. The summed E-state index contributed by atoms with van der Waals surface area (Å²) < 4.78 is 16.0. The standard InChI is InChI=1S/C20H25NO4/c1-14-9-15(2)11-17(10-14)25-13-20(22)21-8-7-16-5-6-18(23-3)19(12-16)24-4/h5-6,9-12H,7-8,13H2,1-4H3,(H,21,22). The van der Waals surface area contributed by atoms with Crippen LogP contribution in [0, 0.1) is 13.8 Å². The van der Waals surface area contributed by atoms with Crippen molar-refractivity contribution in [2.45, 2.75) is 20.3 Å². The monoisotopic (exact) mass is 343 g/mol. The molecule has 2 rings (SSSR count). The highest BCUT2D eigenvalue weighted by Gasteiger charge is 2.06. The lowest BCUT2D eigenvalue weighted by Gasteiger charge is -2.11. The Kier molecular flexibility index (Phi) is 6.69. The maximum atomic E-state index is 11.9. The third-order valence-electron chi connectivity index (χ3n) is 3.75. The van der Waals surface area contributed by atoms with Crippen molar-refractivity contribution in [2.75, 3.05) is 27.4 Å².